The first kappa shape index (κ1) is 19.2. The van der Waals surface area contributed by atoms with E-state index in [1.807, 2.05) is 11.3 Å². The van der Waals surface area contributed by atoms with Gasteiger partial charge in [-0.3, -0.25) is 4.90 Å². The molecule has 4 rings (SSSR count). The Kier molecular flexibility index (Phi) is 6.36. The Bertz CT molecular complexity index is 724. The lowest BCUT2D eigenvalue weighted by Crippen LogP contribution is -2.47. The third kappa shape index (κ3) is 4.67. The molecule has 1 aromatic heterocycles. The Hall–Kier alpha value is -1.10. The van der Waals surface area contributed by atoms with Gasteiger partial charge in [0.15, 0.2) is 0 Å². The van der Waals surface area contributed by atoms with Crippen molar-refractivity contribution < 1.29 is 0 Å². The van der Waals surface area contributed by atoms with Crippen molar-refractivity contribution >= 4 is 27.1 Å². The van der Waals surface area contributed by atoms with Crippen LogP contribution in [0.3, 0.4) is 0 Å². The number of thiophene rings is 1. The minimum absolute atomic E-state index is 0.474. The van der Waals surface area contributed by atoms with Crippen molar-refractivity contribution in [3.05, 3.63) is 29.1 Å². The van der Waals surface area contributed by atoms with E-state index in [2.05, 4.69) is 40.3 Å². The maximum Gasteiger partial charge on any atom is 0.0576 e. The van der Waals surface area contributed by atoms with Crippen LogP contribution in [0.2, 0.25) is 0 Å². The standard InChI is InChI=1S/C23H35N3S/c1-2-3-19-16-20-9-15-27-23(20)22(17-19)26-13-11-25(12-14-26)10-8-18-4-6-21(24)7-5-18/h9,15-18,21H,2-8,10-14,24H2,1H3. The van der Waals surface area contributed by atoms with E-state index in [9.17, 15) is 0 Å². The molecule has 0 bridgehead atoms. The summed E-state index contributed by atoms with van der Waals surface area (Å²) >= 11 is 1.90. The molecule has 2 N–H and O–H groups in total. The monoisotopic (exact) mass is 385 g/mol. The van der Waals surface area contributed by atoms with Crippen LogP contribution in [0.25, 0.3) is 10.1 Å². The second-order valence-corrected chi connectivity index (χ2v) is 9.52. The molecular weight excluding hydrogens is 350 g/mol. The highest BCUT2D eigenvalue weighted by Crippen LogP contribution is 2.34. The molecule has 2 fully saturated rings. The molecule has 148 valence electrons. The minimum atomic E-state index is 0.474. The molecule has 1 saturated carbocycles. The fourth-order valence-electron chi connectivity index (χ4n) is 4.85. The number of nitrogens with two attached hydrogens (primary N) is 1. The van der Waals surface area contributed by atoms with Gasteiger partial charge < -0.3 is 10.6 Å². The van der Waals surface area contributed by atoms with Gasteiger partial charge in [-0.25, -0.2) is 0 Å². The Balaban J connectivity index is 1.34. The van der Waals surface area contributed by atoms with E-state index in [0.717, 1.165) is 19.0 Å². The molecule has 0 spiro atoms. The zero-order chi connectivity index (χ0) is 18.6. The van der Waals surface area contributed by atoms with Gasteiger partial charge in [0.1, 0.15) is 0 Å². The van der Waals surface area contributed by atoms with Crippen LogP contribution >= 0.6 is 11.3 Å². The van der Waals surface area contributed by atoms with Crippen molar-refractivity contribution in [2.75, 3.05) is 37.6 Å². The highest BCUT2D eigenvalue weighted by atomic mass is 32.1. The van der Waals surface area contributed by atoms with Crippen LogP contribution in [-0.4, -0.2) is 43.7 Å². The first-order valence-corrected chi connectivity index (χ1v) is 11.8. The first-order chi connectivity index (χ1) is 13.2. The van der Waals surface area contributed by atoms with Gasteiger partial charge in [-0.15, -0.1) is 11.3 Å². The molecule has 2 aromatic rings. The fraction of sp³-hybridized carbons (Fsp3) is 0.652. The topological polar surface area (TPSA) is 32.5 Å². The molecule has 2 aliphatic rings. The summed E-state index contributed by atoms with van der Waals surface area (Å²) in [4.78, 5) is 5.32. The number of hydrogen-bond acceptors (Lipinski definition) is 4. The Morgan fingerprint density at radius 3 is 2.59 bits per heavy atom. The molecule has 1 aromatic carbocycles. The van der Waals surface area contributed by atoms with E-state index in [0.29, 0.717) is 6.04 Å². The number of hydrogen-bond donors (Lipinski definition) is 1. The van der Waals surface area contributed by atoms with Gasteiger partial charge in [-0.1, -0.05) is 19.4 Å². The highest BCUT2D eigenvalue weighted by Gasteiger charge is 2.22. The lowest BCUT2D eigenvalue weighted by Gasteiger charge is -2.37. The van der Waals surface area contributed by atoms with Gasteiger partial charge in [-0.05, 0) is 79.5 Å². The number of anilines is 1. The molecule has 4 heteroatoms. The van der Waals surface area contributed by atoms with Crippen molar-refractivity contribution in [2.45, 2.75) is 57.9 Å². The van der Waals surface area contributed by atoms with Crippen molar-refractivity contribution in [1.29, 1.82) is 0 Å². The Labute approximate surface area is 168 Å². The van der Waals surface area contributed by atoms with Crippen molar-refractivity contribution in [1.82, 2.24) is 4.90 Å². The van der Waals surface area contributed by atoms with E-state index in [4.69, 9.17) is 5.73 Å². The van der Waals surface area contributed by atoms with Crippen LogP contribution in [-0.2, 0) is 6.42 Å². The third-order valence-corrected chi connectivity index (χ3v) is 7.54. The van der Waals surface area contributed by atoms with Crippen LogP contribution in [0.4, 0.5) is 5.69 Å². The van der Waals surface area contributed by atoms with E-state index in [-0.39, 0.29) is 0 Å². The van der Waals surface area contributed by atoms with Crippen LogP contribution < -0.4 is 10.6 Å². The van der Waals surface area contributed by atoms with Crippen LogP contribution in [0.15, 0.2) is 23.6 Å². The smallest absolute Gasteiger partial charge is 0.0576 e. The highest BCUT2D eigenvalue weighted by molar-refractivity contribution is 7.17. The van der Waals surface area contributed by atoms with Gasteiger partial charge in [0, 0.05) is 32.2 Å². The number of benzene rings is 1. The summed E-state index contributed by atoms with van der Waals surface area (Å²) in [5.74, 6) is 0.916. The van der Waals surface area contributed by atoms with Gasteiger partial charge in [0.2, 0.25) is 0 Å². The predicted octanol–water partition coefficient (Wildman–Crippen LogP) is 4.88. The molecule has 1 aliphatic heterocycles. The molecule has 2 heterocycles. The normalized spacial score (nSPS) is 24.6. The summed E-state index contributed by atoms with van der Waals surface area (Å²) in [5.41, 5.74) is 9.03. The van der Waals surface area contributed by atoms with E-state index in [1.54, 1.807) is 0 Å². The number of nitrogens with zero attached hydrogens (tertiary/aromatic N) is 2. The van der Waals surface area contributed by atoms with Gasteiger partial charge in [-0.2, -0.15) is 0 Å². The summed E-state index contributed by atoms with van der Waals surface area (Å²) in [5, 5.41) is 3.68. The SMILES string of the molecule is CCCc1cc(N2CCN(CCC3CCC(N)CC3)CC2)c2sccc2c1. The van der Waals surface area contributed by atoms with Crippen molar-refractivity contribution in [3.63, 3.8) is 0 Å². The maximum atomic E-state index is 6.05. The Morgan fingerprint density at radius 2 is 1.85 bits per heavy atom. The Morgan fingerprint density at radius 1 is 1.07 bits per heavy atom. The third-order valence-electron chi connectivity index (χ3n) is 6.59. The minimum Gasteiger partial charge on any atom is -0.368 e. The van der Waals surface area contributed by atoms with Gasteiger partial charge in [0.25, 0.3) is 0 Å². The quantitative estimate of drug-likeness (QED) is 0.769. The number of aryl methyl sites for hydroxylation is 1. The summed E-state index contributed by atoms with van der Waals surface area (Å²) < 4.78 is 1.47. The van der Waals surface area contributed by atoms with Crippen LogP contribution in [0, 0.1) is 5.92 Å². The predicted molar refractivity (Wildman–Crippen MR) is 119 cm³/mol. The number of piperazine rings is 1. The number of fused-ring (bicyclic) bond motifs is 1. The second kappa shape index (κ2) is 8.93. The molecule has 0 atom stereocenters. The lowest BCUT2D eigenvalue weighted by atomic mass is 9.84. The zero-order valence-corrected chi connectivity index (χ0v) is 17.6. The largest absolute Gasteiger partial charge is 0.368 e. The number of rotatable bonds is 6. The molecule has 0 amide bonds. The maximum absolute atomic E-state index is 6.05. The molecule has 3 nitrogen and oxygen atoms in total. The molecule has 27 heavy (non-hydrogen) atoms. The van der Waals surface area contributed by atoms with Crippen LogP contribution in [0.5, 0.6) is 0 Å². The molecule has 1 saturated heterocycles. The van der Waals surface area contributed by atoms with E-state index < -0.39 is 0 Å². The van der Waals surface area contributed by atoms with E-state index in [1.165, 1.54) is 85.9 Å². The van der Waals surface area contributed by atoms with Crippen molar-refractivity contribution in [3.8, 4) is 0 Å². The summed E-state index contributed by atoms with van der Waals surface area (Å²) in [6, 6.07) is 7.62. The molecule has 0 radical (unpaired) electrons. The van der Waals surface area contributed by atoms with Crippen LogP contribution in [0.1, 0.15) is 51.0 Å². The summed E-state index contributed by atoms with van der Waals surface area (Å²) in [7, 11) is 0. The zero-order valence-electron chi connectivity index (χ0n) is 16.8. The van der Waals surface area contributed by atoms with Gasteiger partial charge >= 0.3 is 0 Å². The molecule has 1 aliphatic carbocycles. The first-order valence-electron chi connectivity index (χ1n) is 11.0. The average molecular weight is 386 g/mol. The summed E-state index contributed by atoms with van der Waals surface area (Å²) in [6.45, 7) is 8.29. The average Bonchev–Trinajstić information content (AvgIpc) is 3.16. The lowest BCUT2D eigenvalue weighted by molar-refractivity contribution is 0.217. The molecule has 0 unspecified atom stereocenters. The fourth-order valence-corrected chi connectivity index (χ4v) is 5.77. The van der Waals surface area contributed by atoms with Crippen molar-refractivity contribution in [2.24, 2.45) is 11.7 Å². The molecular formula is C23H35N3S. The van der Waals surface area contributed by atoms with E-state index >= 15 is 0 Å². The summed E-state index contributed by atoms with van der Waals surface area (Å²) in [6.07, 6.45) is 8.95. The van der Waals surface area contributed by atoms with Gasteiger partial charge in [0.05, 0.1) is 10.4 Å². The second-order valence-electron chi connectivity index (χ2n) is 8.60.